The van der Waals surface area contributed by atoms with E-state index < -0.39 is 0 Å². The van der Waals surface area contributed by atoms with Crippen LogP contribution >= 0.6 is 0 Å². The van der Waals surface area contributed by atoms with Crippen molar-refractivity contribution >= 4 is 10.9 Å². The zero-order chi connectivity index (χ0) is 10.5. The summed E-state index contributed by atoms with van der Waals surface area (Å²) in [5.74, 6) is 0.845. The zero-order valence-corrected chi connectivity index (χ0v) is 9.29. The van der Waals surface area contributed by atoms with Crippen LogP contribution in [0, 0.1) is 5.92 Å². The zero-order valence-electron chi connectivity index (χ0n) is 9.29. The summed E-state index contributed by atoms with van der Waals surface area (Å²) in [6.07, 6.45) is 5.99. The summed E-state index contributed by atoms with van der Waals surface area (Å²) in [6, 6.07) is 7.38. The normalized spacial score (nSPS) is 28.0. The molecule has 2 aromatic rings. The minimum atomic E-state index is 0.700. The maximum absolute atomic E-state index is 3.65. The van der Waals surface area contributed by atoms with Gasteiger partial charge in [-0.15, -0.1) is 0 Å². The predicted molar refractivity (Wildman–Crippen MR) is 65.6 cm³/mol. The van der Waals surface area contributed by atoms with Gasteiger partial charge in [0.05, 0.1) is 0 Å². The van der Waals surface area contributed by atoms with E-state index in [2.05, 4.69) is 34.7 Å². The first-order chi connectivity index (χ1) is 7.92. The van der Waals surface area contributed by atoms with E-state index in [0.29, 0.717) is 6.04 Å². The Labute approximate surface area is 95.1 Å². The van der Waals surface area contributed by atoms with Crippen LogP contribution in [-0.4, -0.2) is 17.6 Å². The molecule has 0 spiro atoms. The first-order valence-electron chi connectivity index (χ1n) is 6.23. The average Bonchev–Trinajstić information content (AvgIpc) is 2.85. The van der Waals surface area contributed by atoms with E-state index in [9.17, 15) is 0 Å². The van der Waals surface area contributed by atoms with E-state index in [1.165, 1.54) is 42.3 Å². The van der Waals surface area contributed by atoms with Crippen LogP contribution in [0.1, 0.15) is 17.5 Å². The first-order valence-corrected chi connectivity index (χ1v) is 6.23. The second kappa shape index (κ2) is 3.11. The molecular formula is C14H16N2. The van der Waals surface area contributed by atoms with Crippen LogP contribution < -0.4 is 5.32 Å². The Morgan fingerprint density at radius 3 is 3.12 bits per heavy atom. The van der Waals surface area contributed by atoms with Gasteiger partial charge in [-0.3, -0.25) is 0 Å². The van der Waals surface area contributed by atoms with Gasteiger partial charge in [0.1, 0.15) is 0 Å². The largest absolute Gasteiger partial charge is 0.361 e. The molecule has 2 aliphatic rings. The van der Waals surface area contributed by atoms with Crippen molar-refractivity contribution in [3.8, 4) is 0 Å². The monoisotopic (exact) mass is 212 g/mol. The molecule has 2 nitrogen and oxygen atoms in total. The lowest BCUT2D eigenvalue weighted by molar-refractivity contribution is 0.449. The van der Waals surface area contributed by atoms with Crippen molar-refractivity contribution < 1.29 is 0 Å². The number of H-pyrrole nitrogens is 1. The molecule has 0 amide bonds. The van der Waals surface area contributed by atoms with E-state index in [1.807, 2.05) is 0 Å². The van der Waals surface area contributed by atoms with E-state index in [4.69, 9.17) is 0 Å². The summed E-state index contributed by atoms with van der Waals surface area (Å²) in [5, 5.41) is 5.15. The van der Waals surface area contributed by atoms with Crippen molar-refractivity contribution in [3.63, 3.8) is 0 Å². The smallest absolute Gasteiger partial charge is 0.0459 e. The molecule has 0 radical (unpaired) electrons. The van der Waals surface area contributed by atoms with Crippen LogP contribution in [-0.2, 0) is 12.8 Å². The van der Waals surface area contributed by atoms with Gasteiger partial charge < -0.3 is 10.3 Å². The average molecular weight is 212 g/mol. The van der Waals surface area contributed by atoms with Crippen molar-refractivity contribution in [2.45, 2.75) is 25.3 Å². The molecule has 2 heteroatoms. The third-order valence-corrected chi connectivity index (χ3v) is 4.29. The number of nitrogens with one attached hydrogen (secondary N) is 2. The molecular weight excluding hydrogens is 196 g/mol. The number of hydrogen-bond donors (Lipinski definition) is 2. The van der Waals surface area contributed by atoms with Crippen LogP contribution in [0.5, 0.6) is 0 Å². The molecule has 82 valence electrons. The fraction of sp³-hybridized carbons (Fsp3) is 0.429. The highest BCUT2D eigenvalue weighted by molar-refractivity contribution is 5.87. The molecule has 1 aliphatic carbocycles. The maximum atomic E-state index is 3.65. The van der Waals surface area contributed by atoms with Crippen LogP contribution in [0.2, 0.25) is 0 Å². The standard InChI is InChI=1S/C14H16N2/c1-2-10-6-9-4-5-15-13(9)7-11-8-16-12(3-1)14(10)11/h1-3,8-9,13,15-16H,4-7H2/t9?,13-/m1/s1. The summed E-state index contributed by atoms with van der Waals surface area (Å²) in [7, 11) is 0. The van der Waals surface area contributed by atoms with Crippen molar-refractivity contribution in [2.75, 3.05) is 6.54 Å². The third kappa shape index (κ3) is 1.11. The van der Waals surface area contributed by atoms with Gasteiger partial charge >= 0.3 is 0 Å². The maximum Gasteiger partial charge on any atom is 0.0459 e. The molecule has 1 aromatic heterocycles. The highest BCUT2D eigenvalue weighted by Crippen LogP contribution is 2.33. The fourth-order valence-corrected chi connectivity index (χ4v) is 3.49. The van der Waals surface area contributed by atoms with Crippen molar-refractivity contribution in [3.05, 3.63) is 35.5 Å². The van der Waals surface area contributed by atoms with Gasteiger partial charge in [0.25, 0.3) is 0 Å². The van der Waals surface area contributed by atoms with Crippen molar-refractivity contribution in [2.24, 2.45) is 5.92 Å². The summed E-state index contributed by atoms with van der Waals surface area (Å²) in [4.78, 5) is 3.40. The minimum Gasteiger partial charge on any atom is -0.361 e. The molecule has 1 unspecified atom stereocenters. The molecule has 4 rings (SSSR count). The minimum absolute atomic E-state index is 0.700. The second-order valence-corrected chi connectivity index (χ2v) is 5.17. The molecule has 1 saturated heterocycles. The highest BCUT2D eigenvalue weighted by Gasteiger charge is 2.30. The number of aromatic amines is 1. The Morgan fingerprint density at radius 2 is 2.12 bits per heavy atom. The van der Waals surface area contributed by atoms with Crippen molar-refractivity contribution in [1.29, 1.82) is 0 Å². The Kier molecular flexibility index (Phi) is 1.71. The molecule has 16 heavy (non-hydrogen) atoms. The van der Waals surface area contributed by atoms with Gasteiger partial charge in [0, 0.05) is 23.1 Å². The fourth-order valence-electron chi connectivity index (χ4n) is 3.49. The van der Waals surface area contributed by atoms with E-state index >= 15 is 0 Å². The number of benzene rings is 1. The van der Waals surface area contributed by atoms with Crippen molar-refractivity contribution in [1.82, 2.24) is 10.3 Å². The third-order valence-electron chi connectivity index (χ3n) is 4.29. The van der Waals surface area contributed by atoms with Gasteiger partial charge in [-0.2, -0.15) is 0 Å². The Bertz CT molecular complexity index is 541. The summed E-state index contributed by atoms with van der Waals surface area (Å²) in [5.41, 5.74) is 4.37. The van der Waals surface area contributed by atoms with E-state index in [0.717, 1.165) is 5.92 Å². The molecule has 1 aromatic carbocycles. The van der Waals surface area contributed by atoms with Crippen LogP contribution in [0.4, 0.5) is 0 Å². The number of rotatable bonds is 0. The quantitative estimate of drug-likeness (QED) is 0.688. The molecule has 2 N–H and O–H groups in total. The lowest BCUT2D eigenvalue weighted by Gasteiger charge is -2.16. The molecule has 0 saturated carbocycles. The van der Waals surface area contributed by atoms with Gasteiger partial charge in [-0.1, -0.05) is 12.1 Å². The summed E-state index contributed by atoms with van der Waals surface area (Å²) >= 11 is 0. The van der Waals surface area contributed by atoms with E-state index in [1.54, 1.807) is 5.56 Å². The van der Waals surface area contributed by atoms with Crippen LogP contribution in [0.15, 0.2) is 24.4 Å². The van der Waals surface area contributed by atoms with Crippen LogP contribution in [0.3, 0.4) is 0 Å². The first kappa shape index (κ1) is 8.82. The predicted octanol–water partition coefficient (Wildman–Crippen LogP) is 2.24. The number of hydrogen-bond acceptors (Lipinski definition) is 1. The molecule has 2 heterocycles. The van der Waals surface area contributed by atoms with E-state index in [-0.39, 0.29) is 0 Å². The summed E-state index contributed by atoms with van der Waals surface area (Å²) < 4.78 is 0. The molecule has 0 bridgehead atoms. The molecule has 1 fully saturated rings. The lowest BCUT2D eigenvalue weighted by Crippen LogP contribution is -2.29. The lowest BCUT2D eigenvalue weighted by atomic mass is 9.93. The molecule has 1 aliphatic heterocycles. The van der Waals surface area contributed by atoms with Gasteiger partial charge in [-0.05, 0) is 48.9 Å². The van der Waals surface area contributed by atoms with Crippen LogP contribution in [0.25, 0.3) is 10.9 Å². The number of aromatic nitrogens is 1. The molecule has 2 atom stereocenters. The summed E-state index contributed by atoms with van der Waals surface area (Å²) in [6.45, 7) is 1.20. The Balaban J connectivity index is 1.94. The van der Waals surface area contributed by atoms with Gasteiger partial charge in [0.15, 0.2) is 0 Å². The Morgan fingerprint density at radius 1 is 1.12 bits per heavy atom. The highest BCUT2D eigenvalue weighted by atomic mass is 15.0. The number of fused-ring (bicyclic) bond motifs is 1. The van der Waals surface area contributed by atoms with Gasteiger partial charge in [-0.25, -0.2) is 0 Å². The Hall–Kier alpha value is -1.28. The van der Waals surface area contributed by atoms with Gasteiger partial charge in [0.2, 0.25) is 0 Å². The second-order valence-electron chi connectivity index (χ2n) is 5.17. The SMILES string of the molecule is c1cc2c3c(c[nH]c3c1)C[C@H]1NCCC1C2. The topological polar surface area (TPSA) is 27.8 Å².